The normalized spacial score (nSPS) is 14.4. The lowest BCUT2D eigenvalue weighted by Crippen LogP contribution is -2.27. The Morgan fingerprint density at radius 2 is 1.86 bits per heavy atom. The number of carbonyl (C=O) groups is 2. The van der Waals surface area contributed by atoms with Crippen molar-refractivity contribution in [2.45, 2.75) is 6.92 Å². The molecule has 0 fully saturated rings. The quantitative estimate of drug-likeness (QED) is 0.533. The van der Waals surface area contributed by atoms with Crippen molar-refractivity contribution >= 4 is 23.9 Å². The molecule has 0 aliphatic carbocycles. The number of hydrogen-bond donors (Lipinski definition) is 0. The van der Waals surface area contributed by atoms with Crippen molar-refractivity contribution in [1.82, 2.24) is 4.90 Å². The summed E-state index contributed by atoms with van der Waals surface area (Å²) in [6.07, 6.45) is 1.62. The third-order valence-electron chi connectivity index (χ3n) is 4.06. The fourth-order valence-corrected chi connectivity index (χ4v) is 2.54. The molecule has 0 saturated carbocycles. The van der Waals surface area contributed by atoms with Crippen LogP contribution in [0.25, 0.3) is 6.08 Å². The van der Waals surface area contributed by atoms with E-state index in [1.165, 1.54) is 4.90 Å². The maximum Gasteiger partial charge on any atom is 0.363 e. The maximum atomic E-state index is 12.2. The maximum absolute atomic E-state index is 12.2. The predicted molar refractivity (Wildman–Crippen MR) is 109 cm³/mol. The molecule has 0 aromatic heterocycles. The summed E-state index contributed by atoms with van der Waals surface area (Å²) in [7, 11) is 3.32. The van der Waals surface area contributed by atoms with Crippen molar-refractivity contribution in [3.63, 3.8) is 0 Å². The summed E-state index contributed by atoms with van der Waals surface area (Å²) in [5.74, 6) is 0.529. The van der Waals surface area contributed by atoms with E-state index in [0.717, 1.165) is 5.56 Å². The molecular weight excluding hydrogens is 372 g/mol. The van der Waals surface area contributed by atoms with E-state index in [1.54, 1.807) is 38.4 Å². The molecule has 1 heterocycles. The first-order valence-corrected chi connectivity index (χ1v) is 9.15. The number of amides is 1. The fourth-order valence-electron chi connectivity index (χ4n) is 2.54. The Morgan fingerprint density at radius 3 is 2.55 bits per heavy atom. The van der Waals surface area contributed by atoms with Gasteiger partial charge in [0.25, 0.3) is 5.91 Å². The van der Waals surface area contributed by atoms with Gasteiger partial charge in [0.2, 0.25) is 5.90 Å². The lowest BCUT2D eigenvalue weighted by molar-refractivity contribution is -0.131. The van der Waals surface area contributed by atoms with Gasteiger partial charge in [-0.05, 0) is 42.8 Å². The minimum Gasteiger partial charge on any atom is -0.490 e. The minimum atomic E-state index is -0.515. The third-order valence-corrected chi connectivity index (χ3v) is 4.06. The Hall–Kier alpha value is -3.61. The molecule has 1 aliphatic heterocycles. The van der Waals surface area contributed by atoms with Crippen LogP contribution in [0.1, 0.15) is 18.1 Å². The van der Waals surface area contributed by atoms with Gasteiger partial charge in [-0.25, -0.2) is 9.79 Å². The first-order chi connectivity index (χ1) is 14.0. The molecule has 2 aromatic rings. The van der Waals surface area contributed by atoms with Gasteiger partial charge in [-0.1, -0.05) is 24.3 Å². The second-order valence-corrected chi connectivity index (χ2v) is 6.42. The smallest absolute Gasteiger partial charge is 0.363 e. The molecule has 0 N–H and O–H groups in total. The van der Waals surface area contributed by atoms with E-state index in [0.29, 0.717) is 23.7 Å². The summed E-state index contributed by atoms with van der Waals surface area (Å²) in [6.45, 7) is 2.19. The second kappa shape index (κ2) is 9.05. The Labute approximate surface area is 169 Å². The van der Waals surface area contributed by atoms with Crippen LogP contribution in [-0.2, 0) is 14.3 Å². The number of esters is 1. The van der Waals surface area contributed by atoms with Gasteiger partial charge in [0, 0.05) is 19.7 Å². The number of likely N-dealkylation sites (N-methyl/N-ethyl adjacent to an activating group) is 1. The molecule has 1 aliphatic rings. The fraction of sp³-hybridized carbons (Fsp3) is 0.227. The highest BCUT2D eigenvalue weighted by atomic mass is 16.6. The Morgan fingerprint density at radius 1 is 1.10 bits per heavy atom. The topological polar surface area (TPSA) is 77.4 Å². The minimum absolute atomic E-state index is 0.0927. The molecule has 0 bridgehead atoms. The van der Waals surface area contributed by atoms with E-state index in [1.807, 2.05) is 37.3 Å². The molecule has 0 saturated heterocycles. The Kier molecular flexibility index (Phi) is 6.29. The van der Waals surface area contributed by atoms with Crippen molar-refractivity contribution in [2.75, 3.05) is 27.3 Å². The average Bonchev–Trinajstić information content (AvgIpc) is 3.08. The van der Waals surface area contributed by atoms with Crippen LogP contribution in [0.15, 0.2) is 59.2 Å². The lowest BCUT2D eigenvalue weighted by atomic mass is 10.1. The van der Waals surface area contributed by atoms with Crippen LogP contribution in [0.5, 0.6) is 11.5 Å². The van der Waals surface area contributed by atoms with Gasteiger partial charge >= 0.3 is 5.97 Å². The van der Waals surface area contributed by atoms with Crippen LogP contribution >= 0.6 is 0 Å². The highest BCUT2D eigenvalue weighted by Crippen LogP contribution is 2.30. The van der Waals surface area contributed by atoms with Crippen LogP contribution in [0.4, 0.5) is 0 Å². The summed E-state index contributed by atoms with van der Waals surface area (Å²) in [4.78, 5) is 29.7. The van der Waals surface area contributed by atoms with Crippen LogP contribution < -0.4 is 9.47 Å². The molecule has 150 valence electrons. The highest BCUT2D eigenvalue weighted by Gasteiger charge is 2.24. The van der Waals surface area contributed by atoms with E-state index >= 15 is 0 Å². The number of benzene rings is 2. The summed E-state index contributed by atoms with van der Waals surface area (Å²) < 4.78 is 16.5. The Bertz CT molecular complexity index is 964. The van der Waals surface area contributed by atoms with E-state index in [-0.39, 0.29) is 24.1 Å². The molecule has 29 heavy (non-hydrogen) atoms. The standard InChI is InChI=1S/C22H22N2O5/c1-4-27-19-13-15(10-11-18(19)28-14-20(25)24(2)3)12-17-22(26)29-21(23-17)16-8-6-5-7-9-16/h5-13H,4,14H2,1-3H3/b17-12-. The molecule has 0 atom stereocenters. The molecule has 0 spiro atoms. The number of hydrogen-bond acceptors (Lipinski definition) is 6. The lowest BCUT2D eigenvalue weighted by Gasteiger charge is -2.14. The average molecular weight is 394 g/mol. The predicted octanol–water partition coefficient (Wildman–Crippen LogP) is 2.90. The van der Waals surface area contributed by atoms with Gasteiger partial charge in [-0.3, -0.25) is 4.79 Å². The summed E-state index contributed by atoms with van der Waals surface area (Å²) in [5, 5.41) is 0. The number of aliphatic imine (C=N–C) groups is 1. The zero-order chi connectivity index (χ0) is 20.8. The number of nitrogens with zero attached hydrogens (tertiary/aromatic N) is 2. The summed E-state index contributed by atoms with van der Waals surface area (Å²) in [6, 6.07) is 14.4. The SMILES string of the molecule is CCOc1cc(/C=C2\N=C(c3ccccc3)OC2=O)ccc1OCC(=O)N(C)C. The molecular formula is C22H22N2O5. The van der Waals surface area contributed by atoms with Crippen molar-refractivity contribution in [2.24, 2.45) is 4.99 Å². The number of carbonyl (C=O) groups excluding carboxylic acids is 2. The van der Waals surface area contributed by atoms with Crippen molar-refractivity contribution in [3.05, 3.63) is 65.4 Å². The van der Waals surface area contributed by atoms with E-state index < -0.39 is 5.97 Å². The van der Waals surface area contributed by atoms with Gasteiger partial charge in [0.15, 0.2) is 23.8 Å². The van der Waals surface area contributed by atoms with Crippen LogP contribution in [0, 0.1) is 0 Å². The van der Waals surface area contributed by atoms with Gasteiger partial charge in [-0.15, -0.1) is 0 Å². The van der Waals surface area contributed by atoms with Crippen molar-refractivity contribution < 1.29 is 23.8 Å². The monoisotopic (exact) mass is 394 g/mol. The van der Waals surface area contributed by atoms with E-state index in [9.17, 15) is 9.59 Å². The van der Waals surface area contributed by atoms with Crippen LogP contribution in [0.2, 0.25) is 0 Å². The number of ether oxygens (including phenoxy) is 3. The number of rotatable bonds is 7. The highest BCUT2D eigenvalue weighted by molar-refractivity contribution is 6.12. The van der Waals surface area contributed by atoms with Crippen LogP contribution in [-0.4, -0.2) is 50.0 Å². The molecule has 7 heteroatoms. The molecule has 7 nitrogen and oxygen atoms in total. The third kappa shape index (κ3) is 5.01. The first kappa shape index (κ1) is 20.1. The molecule has 3 rings (SSSR count). The van der Waals surface area contributed by atoms with Gasteiger partial charge in [0.1, 0.15) is 0 Å². The van der Waals surface area contributed by atoms with Gasteiger partial charge in [-0.2, -0.15) is 0 Å². The molecule has 0 unspecified atom stereocenters. The largest absolute Gasteiger partial charge is 0.490 e. The summed E-state index contributed by atoms with van der Waals surface area (Å²) in [5.41, 5.74) is 1.63. The Balaban J connectivity index is 1.83. The van der Waals surface area contributed by atoms with Gasteiger partial charge < -0.3 is 19.1 Å². The van der Waals surface area contributed by atoms with Crippen molar-refractivity contribution in [1.29, 1.82) is 0 Å². The van der Waals surface area contributed by atoms with Gasteiger partial charge in [0.05, 0.1) is 6.61 Å². The van der Waals surface area contributed by atoms with Crippen molar-refractivity contribution in [3.8, 4) is 11.5 Å². The summed E-state index contributed by atoms with van der Waals surface area (Å²) >= 11 is 0. The zero-order valence-corrected chi connectivity index (χ0v) is 16.5. The zero-order valence-electron chi connectivity index (χ0n) is 16.5. The van der Waals surface area contributed by atoms with E-state index in [2.05, 4.69) is 4.99 Å². The number of cyclic esters (lactones) is 1. The van der Waals surface area contributed by atoms with Crippen LogP contribution in [0.3, 0.4) is 0 Å². The molecule has 1 amide bonds. The first-order valence-electron chi connectivity index (χ1n) is 9.15. The molecule has 0 radical (unpaired) electrons. The second-order valence-electron chi connectivity index (χ2n) is 6.42. The van der Waals surface area contributed by atoms with E-state index in [4.69, 9.17) is 14.2 Å². The molecule has 2 aromatic carbocycles.